The number of nitrogens with zero attached hydrogens (tertiary/aromatic N) is 2. The van der Waals surface area contributed by atoms with Crippen LogP contribution in [0.1, 0.15) is 24.2 Å². The van der Waals surface area contributed by atoms with Gasteiger partial charge in [0.2, 0.25) is 0 Å². The van der Waals surface area contributed by atoms with Crippen molar-refractivity contribution in [1.29, 1.82) is 0 Å². The van der Waals surface area contributed by atoms with Crippen LogP contribution in [-0.4, -0.2) is 21.8 Å². The molecule has 1 amide bonds. The van der Waals surface area contributed by atoms with Gasteiger partial charge in [-0.05, 0) is 68.4 Å². The normalized spacial score (nSPS) is 10.6. The molecule has 0 aliphatic rings. The maximum absolute atomic E-state index is 12.3. The third-order valence-corrected chi connectivity index (χ3v) is 3.38. The van der Waals surface area contributed by atoms with Gasteiger partial charge in [-0.3, -0.25) is 4.79 Å². The van der Waals surface area contributed by atoms with Gasteiger partial charge in [0.05, 0.1) is 11.8 Å². The van der Waals surface area contributed by atoms with E-state index in [2.05, 4.69) is 10.4 Å². The Morgan fingerprint density at radius 1 is 1.08 bits per heavy atom. The SMILES string of the molecule is CC(C)Oc1ccc(C(=O)Nc2ccc(-n3cccn3)cc2)cc1. The number of aromatic nitrogens is 2. The Hall–Kier alpha value is -3.08. The van der Waals surface area contributed by atoms with Gasteiger partial charge in [-0.25, -0.2) is 4.68 Å². The number of hydrogen-bond donors (Lipinski definition) is 1. The molecule has 5 nitrogen and oxygen atoms in total. The number of carbonyl (C=O) groups excluding carboxylic acids is 1. The standard InChI is InChI=1S/C19H19N3O2/c1-14(2)24-18-10-4-15(5-11-18)19(23)21-16-6-8-17(9-7-16)22-13-3-12-20-22/h3-14H,1-2H3,(H,21,23). The summed E-state index contributed by atoms with van der Waals surface area (Å²) >= 11 is 0. The number of carbonyl (C=O) groups is 1. The van der Waals surface area contributed by atoms with E-state index in [1.807, 2.05) is 50.4 Å². The summed E-state index contributed by atoms with van der Waals surface area (Å²) in [4.78, 5) is 12.3. The number of rotatable bonds is 5. The van der Waals surface area contributed by atoms with Crippen LogP contribution < -0.4 is 10.1 Å². The van der Waals surface area contributed by atoms with Crippen LogP contribution in [0.25, 0.3) is 5.69 Å². The molecule has 1 N–H and O–H groups in total. The molecule has 0 aliphatic heterocycles. The Bertz CT molecular complexity index is 792. The molecule has 1 aromatic heterocycles. The third kappa shape index (κ3) is 3.81. The Morgan fingerprint density at radius 3 is 2.38 bits per heavy atom. The topological polar surface area (TPSA) is 56.1 Å². The minimum Gasteiger partial charge on any atom is -0.491 e. The summed E-state index contributed by atoms with van der Waals surface area (Å²) in [6.45, 7) is 3.93. The molecule has 24 heavy (non-hydrogen) atoms. The molecular formula is C19H19N3O2. The van der Waals surface area contributed by atoms with Crippen molar-refractivity contribution in [2.45, 2.75) is 20.0 Å². The van der Waals surface area contributed by atoms with Crippen molar-refractivity contribution in [3.63, 3.8) is 0 Å². The Balaban J connectivity index is 1.66. The highest BCUT2D eigenvalue weighted by atomic mass is 16.5. The van der Waals surface area contributed by atoms with E-state index in [1.54, 1.807) is 35.1 Å². The zero-order valence-corrected chi connectivity index (χ0v) is 13.6. The van der Waals surface area contributed by atoms with E-state index in [1.165, 1.54) is 0 Å². The molecular weight excluding hydrogens is 302 g/mol. The summed E-state index contributed by atoms with van der Waals surface area (Å²) in [7, 11) is 0. The molecule has 0 saturated carbocycles. The molecule has 2 aromatic carbocycles. The molecule has 0 radical (unpaired) electrons. The maximum atomic E-state index is 12.3. The Kier molecular flexibility index (Phi) is 4.61. The van der Waals surface area contributed by atoms with Gasteiger partial charge in [-0.2, -0.15) is 5.10 Å². The van der Waals surface area contributed by atoms with Crippen LogP contribution >= 0.6 is 0 Å². The molecule has 0 aliphatic carbocycles. The first-order valence-electron chi connectivity index (χ1n) is 7.80. The number of anilines is 1. The van der Waals surface area contributed by atoms with Gasteiger partial charge in [0.25, 0.3) is 5.91 Å². The van der Waals surface area contributed by atoms with Gasteiger partial charge in [0.1, 0.15) is 5.75 Å². The van der Waals surface area contributed by atoms with Crippen LogP contribution in [0, 0.1) is 0 Å². The molecule has 0 bridgehead atoms. The Labute approximate surface area is 140 Å². The monoisotopic (exact) mass is 321 g/mol. The number of amides is 1. The van der Waals surface area contributed by atoms with Crippen molar-refractivity contribution in [3.05, 3.63) is 72.6 Å². The highest BCUT2D eigenvalue weighted by Gasteiger charge is 2.07. The fourth-order valence-electron chi connectivity index (χ4n) is 2.28. The van der Waals surface area contributed by atoms with E-state index in [-0.39, 0.29) is 12.0 Å². The highest BCUT2D eigenvalue weighted by molar-refractivity contribution is 6.04. The number of nitrogens with one attached hydrogen (secondary N) is 1. The largest absolute Gasteiger partial charge is 0.491 e. The predicted molar refractivity (Wildman–Crippen MR) is 93.7 cm³/mol. The van der Waals surface area contributed by atoms with E-state index in [0.29, 0.717) is 5.56 Å². The molecule has 0 atom stereocenters. The smallest absolute Gasteiger partial charge is 0.255 e. The van der Waals surface area contributed by atoms with Crippen LogP contribution in [0.15, 0.2) is 67.0 Å². The van der Waals surface area contributed by atoms with Gasteiger partial charge in [-0.15, -0.1) is 0 Å². The number of benzene rings is 2. The van der Waals surface area contributed by atoms with Gasteiger partial charge < -0.3 is 10.1 Å². The summed E-state index contributed by atoms with van der Waals surface area (Å²) in [6, 6.07) is 16.5. The lowest BCUT2D eigenvalue weighted by molar-refractivity contribution is 0.102. The van der Waals surface area contributed by atoms with Crippen LogP contribution in [0.5, 0.6) is 5.75 Å². The maximum Gasteiger partial charge on any atom is 0.255 e. The second-order valence-electron chi connectivity index (χ2n) is 5.64. The molecule has 0 fully saturated rings. The van der Waals surface area contributed by atoms with Crippen LogP contribution in [-0.2, 0) is 0 Å². The van der Waals surface area contributed by atoms with E-state index < -0.39 is 0 Å². The summed E-state index contributed by atoms with van der Waals surface area (Å²) in [6.07, 6.45) is 3.70. The lowest BCUT2D eigenvalue weighted by Gasteiger charge is -2.10. The third-order valence-electron chi connectivity index (χ3n) is 3.38. The predicted octanol–water partition coefficient (Wildman–Crippen LogP) is 3.91. The highest BCUT2D eigenvalue weighted by Crippen LogP contribution is 2.16. The van der Waals surface area contributed by atoms with Crippen LogP contribution in [0.2, 0.25) is 0 Å². The van der Waals surface area contributed by atoms with E-state index in [0.717, 1.165) is 17.1 Å². The first-order valence-corrected chi connectivity index (χ1v) is 7.80. The van der Waals surface area contributed by atoms with Gasteiger partial charge in [0.15, 0.2) is 0 Å². The second kappa shape index (κ2) is 7.00. The zero-order valence-electron chi connectivity index (χ0n) is 13.6. The van der Waals surface area contributed by atoms with Gasteiger partial charge >= 0.3 is 0 Å². The van der Waals surface area contributed by atoms with Gasteiger partial charge in [0, 0.05) is 23.6 Å². The van der Waals surface area contributed by atoms with Crippen molar-refractivity contribution in [1.82, 2.24) is 9.78 Å². The molecule has 0 saturated heterocycles. The van der Waals surface area contributed by atoms with Crippen LogP contribution in [0.3, 0.4) is 0 Å². The summed E-state index contributed by atoms with van der Waals surface area (Å²) in [5.41, 5.74) is 2.26. The minimum absolute atomic E-state index is 0.109. The van der Waals surface area contributed by atoms with E-state index in [4.69, 9.17) is 4.74 Å². The molecule has 5 heteroatoms. The van der Waals surface area contributed by atoms with Crippen LogP contribution in [0.4, 0.5) is 5.69 Å². The molecule has 0 unspecified atom stereocenters. The number of hydrogen-bond acceptors (Lipinski definition) is 3. The summed E-state index contributed by atoms with van der Waals surface area (Å²) < 4.78 is 7.34. The lowest BCUT2D eigenvalue weighted by atomic mass is 10.2. The van der Waals surface area contributed by atoms with Gasteiger partial charge in [-0.1, -0.05) is 0 Å². The molecule has 3 aromatic rings. The first-order chi connectivity index (χ1) is 11.6. The fourth-order valence-corrected chi connectivity index (χ4v) is 2.28. The minimum atomic E-state index is -0.155. The average molecular weight is 321 g/mol. The lowest BCUT2D eigenvalue weighted by Crippen LogP contribution is -2.12. The molecule has 1 heterocycles. The van der Waals surface area contributed by atoms with Crippen molar-refractivity contribution < 1.29 is 9.53 Å². The molecule has 0 spiro atoms. The van der Waals surface area contributed by atoms with Crippen molar-refractivity contribution >= 4 is 11.6 Å². The van der Waals surface area contributed by atoms with Crippen molar-refractivity contribution in [2.75, 3.05) is 5.32 Å². The zero-order chi connectivity index (χ0) is 16.9. The number of ether oxygens (including phenoxy) is 1. The van der Waals surface area contributed by atoms with E-state index in [9.17, 15) is 4.79 Å². The van der Waals surface area contributed by atoms with Crippen molar-refractivity contribution in [3.8, 4) is 11.4 Å². The summed E-state index contributed by atoms with van der Waals surface area (Å²) in [5, 5.41) is 7.05. The van der Waals surface area contributed by atoms with E-state index >= 15 is 0 Å². The second-order valence-corrected chi connectivity index (χ2v) is 5.64. The Morgan fingerprint density at radius 2 is 1.79 bits per heavy atom. The molecule has 122 valence electrons. The quantitative estimate of drug-likeness (QED) is 0.775. The average Bonchev–Trinajstić information content (AvgIpc) is 3.10. The first kappa shape index (κ1) is 15.8. The van der Waals surface area contributed by atoms with Crippen molar-refractivity contribution in [2.24, 2.45) is 0 Å². The molecule has 3 rings (SSSR count). The fraction of sp³-hybridized carbons (Fsp3) is 0.158. The summed E-state index contributed by atoms with van der Waals surface area (Å²) in [5.74, 6) is 0.600.